The van der Waals surface area contributed by atoms with Crippen LogP contribution in [0.4, 0.5) is 0 Å². The lowest BCUT2D eigenvalue weighted by Crippen LogP contribution is -2.36. The van der Waals surface area contributed by atoms with Crippen LogP contribution in [0.2, 0.25) is 0 Å². The first kappa shape index (κ1) is 14.8. The molecule has 2 aromatic carbocycles. The van der Waals surface area contributed by atoms with Crippen molar-refractivity contribution in [2.45, 2.75) is 45.1 Å². The molecule has 1 aliphatic rings. The summed E-state index contributed by atoms with van der Waals surface area (Å²) in [6, 6.07) is 16.6. The van der Waals surface area contributed by atoms with Crippen molar-refractivity contribution in [3.05, 3.63) is 70.8 Å². The maximum Gasteiger partial charge on any atom is 0.231 e. The number of aryl methyl sites for hydroxylation is 2. The van der Waals surface area contributed by atoms with Crippen LogP contribution in [0.5, 0.6) is 0 Å². The van der Waals surface area contributed by atoms with Gasteiger partial charge in [0.1, 0.15) is 0 Å². The molecule has 1 atom stereocenters. The van der Waals surface area contributed by atoms with Gasteiger partial charge in [-0.25, -0.2) is 0 Å². The van der Waals surface area contributed by atoms with Crippen LogP contribution in [0.1, 0.15) is 48.1 Å². The lowest BCUT2D eigenvalue weighted by Gasteiger charge is -2.22. The largest absolute Gasteiger partial charge is 0.349 e. The maximum absolute atomic E-state index is 12.8. The van der Waals surface area contributed by atoms with E-state index in [-0.39, 0.29) is 17.4 Å². The molecule has 1 amide bonds. The minimum Gasteiger partial charge on any atom is -0.349 e. The van der Waals surface area contributed by atoms with Crippen LogP contribution < -0.4 is 5.32 Å². The molecule has 1 fully saturated rings. The fourth-order valence-corrected chi connectivity index (χ4v) is 3.17. The fourth-order valence-electron chi connectivity index (χ4n) is 3.17. The SMILES string of the molecule is Cc1ccc(C)c(C(C)NC(=O)C2(c3ccccc3)CC2)c1. The van der Waals surface area contributed by atoms with Crippen LogP contribution in [0.15, 0.2) is 48.5 Å². The Balaban J connectivity index is 1.79. The monoisotopic (exact) mass is 293 g/mol. The van der Waals surface area contributed by atoms with Gasteiger partial charge in [-0.1, -0.05) is 54.1 Å². The van der Waals surface area contributed by atoms with Crippen LogP contribution in [-0.2, 0) is 10.2 Å². The van der Waals surface area contributed by atoms with Gasteiger partial charge in [0.25, 0.3) is 0 Å². The lowest BCUT2D eigenvalue weighted by molar-refractivity contribution is -0.124. The van der Waals surface area contributed by atoms with E-state index in [1.807, 2.05) is 18.2 Å². The Hall–Kier alpha value is -2.09. The fraction of sp³-hybridized carbons (Fsp3) is 0.350. The van der Waals surface area contributed by atoms with E-state index in [1.54, 1.807) is 0 Å². The van der Waals surface area contributed by atoms with Crippen LogP contribution >= 0.6 is 0 Å². The number of rotatable bonds is 4. The maximum atomic E-state index is 12.8. The first-order valence-electron chi connectivity index (χ1n) is 7.96. The summed E-state index contributed by atoms with van der Waals surface area (Å²) in [4.78, 5) is 12.8. The molecule has 1 N–H and O–H groups in total. The molecule has 1 unspecified atom stereocenters. The molecule has 2 aromatic rings. The molecule has 0 radical (unpaired) electrons. The summed E-state index contributed by atoms with van der Waals surface area (Å²) < 4.78 is 0. The Morgan fingerprint density at radius 3 is 2.41 bits per heavy atom. The van der Waals surface area contributed by atoms with Gasteiger partial charge in [-0.3, -0.25) is 4.79 Å². The number of carbonyl (C=O) groups is 1. The third kappa shape index (κ3) is 2.66. The first-order chi connectivity index (χ1) is 10.5. The molecule has 0 heterocycles. The van der Waals surface area contributed by atoms with Crippen LogP contribution in [0.25, 0.3) is 0 Å². The number of carbonyl (C=O) groups excluding carboxylic acids is 1. The second kappa shape index (κ2) is 5.60. The summed E-state index contributed by atoms with van der Waals surface area (Å²) in [5.41, 5.74) is 4.50. The number of hydrogen-bond donors (Lipinski definition) is 1. The molecule has 0 bridgehead atoms. The minimum absolute atomic E-state index is 0.0357. The van der Waals surface area contributed by atoms with Crippen molar-refractivity contribution in [3.8, 4) is 0 Å². The molecule has 0 aromatic heterocycles. The zero-order valence-electron chi connectivity index (χ0n) is 13.5. The topological polar surface area (TPSA) is 29.1 Å². The number of hydrogen-bond acceptors (Lipinski definition) is 1. The van der Waals surface area contributed by atoms with Gasteiger partial charge in [0.05, 0.1) is 11.5 Å². The lowest BCUT2D eigenvalue weighted by atomic mass is 9.93. The highest BCUT2D eigenvalue weighted by Gasteiger charge is 2.51. The smallest absolute Gasteiger partial charge is 0.231 e. The van der Waals surface area contributed by atoms with Crippen LogP contribution in [-0.4, -0.2) is 5.91 Å². The van der Waals surface area contributed by atoms with E-state index in [4.69, 9.17) is 0 Å². The second-order valence-corrected chi connectivity index (χ2v) is 6.50. The van der Waals surface area contributed by atoms with E-state index in [0.717, 1.165) is 18.4 Å². The van der Waals surface area contributed by atoms with E-state index in [0.29, 0.717) is 0 Å². The summed E-state index contributed by atoms with van der Waals surface area (Å²) in [5.74, 6) is 0.159. The van der Waals surface area contributed by atoms with Crippen molar-refractivity contribution in [1.82, 2.24) is 5.32 Å². The van der Waals surface area contributed by atoms with Gasteiger partial charge in [0, 0.05) is 0 Å². The summed E-state index contributed by atoms with van der Waals surface area (Å²) in [6.07, 6.45) is 1.89. The summed E-state index contributed by atoms with van der Waals surface area (Å²) in [6.45, 7) is 6.26. The quantitative estimate of drug-likeness (QED) is 0.898. The highest BCUT2D eigenvalue weighted by atomic mass is 16.2. The summed E-state index contributed by atoms with van der Waals surface area (Å²) >= 11 is 0. The molecule has 1 aliphatic carbocycles. The Morgan fingerprint density at radius 1 is 1.09 bits per heavy atom. The Bertz CT molecular complexity index is 686. The highest BCUT2D eigenvalue weighted by Crippen LogP contribution is 2.48. The van der Waals surface area contributed by atoms with Crippen LogP contribution in [0, 0.1) is 13.8 Å². The summed E-state index contributed by atoms with van der Waals surface area (Å²) in [5, 5.41) is 3.23. The first-order valence-corrected chi connectivity index (χ1v) is 7.96. The minimum atomic E-state index is -0.298. The highest BCUT2D eigenvalue weighted by molar-refractivity contribution is 5.91. The van der Waals surface area contributed by atoms with Gasteiger partial charge < -0.3 is 5.32 Å². The normalized spacial score (nSPS) is 16.9. The van der Waals surface area contributed by atoms with Crippen molar-refractivity contribution in [3.63, 3.8) is 0 Å². The predicted molar refractivity (Wildman–Crippen MR) is 89.8 cm³/mol. The van der Waals surface area contributed by atoms with E-state index < -0.39 is 0 Å². The molecule has 3 rings (SSSR count). The average molecular weight is 293 g/mol. The van der Waals surface area contributed by atoms with E-state index in [9.17, 15) is 4.79 Å². The molecule has 0 spiro atoms. The molecular formula is C20H23NO. The average Bonchev–Trinajstić information content (AvgIpc) is 3.32. The van der Waals surface area contributed by atoms with Gasteiger partial charge >= 0.3 is 0 Å². The molecule has 2 nitrogen and oxygen atoms in total. The summed E-state index contributed by atoms with van der Waals surface area (Å²) in [7, 11) is 0. The van der Waals surface area contributed by atoms with Gasteiger partial charge in [-0.2, -0.15) is 0 Å². The molecule has 0 aliphatic heterocycles. The van der Waals surface area contributed by atoms with Gasteiger partial charge in [-0.15, -0.1) is 0 Å². The predicted octanol–water partition coefficient (Wildman–Crippen LogP) is 4.21. The van der Waals surface area contributed by atoms with Gasteiger partial charge in [0.15, 0.2) is 0 Å². The second-order valence-electron chi connectivity index (χ2n) is 6.50. The van der Waals surface area contributed by atoms with Crippen molar-refractivity contribution in [2.24, 2.45) is 0 Å². The zero-order valence-corrected chi connectivity index (χ0v) is 13.5. The number of nitrogens with one attached hydrogen (secondary N) is 1. The standard InChI is InChI=1S/C20H23NO/c1-14-9-10-15(2)18(13-14)16(3)21-19(22)20(11-12-20)17-7-5-4-6-8-17/h4-10,13,16H,11-12H2,1-3H3,(H,21,22). The number of benzene rings is 2. The van der Waals surface area contributed by atoms with Crippen molar-refractivity contribution in [1.29, 1.82) is 0 Å². The van der Waals surface area contributed by atoms with E-state index >= 15 is 0 Å². The Kier molecular flexibility index (Phi) is 3.78. The van der Waals surface area contributed by atoms with Crippen LogP contribution in [0.3, 0.4) is 0 Å². The molecule has 22 heavy (non-hydrogen) atoms. The van der Waals surface area contributed by atoms with Crippen molar-refractivity contribution in [2.75, 3.05) is 0 Å². The van der Waals surface area contributed by atoms with E-state index in [2.05, 4.69) is 56.4 Å². The van der Waals surface area contributed by atoms with Gasteiger partial charge in [-0.05, 0) is 50.3 Å². The Labute approximate surface area is 132 Å². The van der Waals surface area contributed by atoms with E-state index in [1.165, 1.54) is 16.7 Å². The Morgan fingerprint density at radius 2 is 1.77 bits per heavy atom. The molecule has 0 saturated heterocycles. The van der Waals surface area contributed by atoms with Crippen molar-refractivity contribution >= 4 is 5.91 Å². The molecule has 114 valence electrons. The number of amides is 1. The molecule has 2 heteroatoms. The zero-order chi connectivity index (χ0) is 15.7. The third-order valence-corrected chi connectivity index (χ3v) is 4.76. The van der Waals surface area contributed by atoms with Crippen molar-refractivity contribution < 1.29 is 4.79 Å². The third-order valence-electron chi connectivity index (χ3n) is 4.76. The van der Waals surface area contributed by atoms with Gasteiger partial charge in [0.2, 0.25) is 5.91 Å². The molecular weight excluding hydrogens is 270 g/mol. The molecule has 1 saturated carbocycles.